The summed E-state index contributed by atoms with van der Waals surface area (Å²) in [6.07, 6.45) is 3.74. The molecule has 0 bridgehead atoms. The van der Waals surface area contributed by atoms with Gasteiger partial charge in [-0.25, -0.2) is 0 Å². The average Bonchev–Trinajstić information content (AvgIpc) is 2.27. The Morgan fingerprint density at radius 1 is 1.29 bits per heavy atom. The third kappa shape index (κ3) is 6.52. The number of allylic oxidation sites excluding steroid dienone is 1. The molecule has 0 heterocycles. The van der Waals surface area contributed by atoms with Crippen LogP contribution in [0.15, 0.2) is 9.66 Å². The number of hydrogen-bond acceptors (Lipinski definition) is 3. The van der Waals surface area contributed by atoms with Crippen LogP contribution in [-0.2, 0) is 14.3 Å². The molecule has 0 aromatic rings. The molecule has 0 amide bonds. The molecule has 0 N–H and O–H groups in total. The van der Waals surface area contributed by atoms with Gasteiger partial charge in [-0.2, -0.15) is 0 Å². The third-order valence-electron chi connectivity index (χ3n) is 2.79. The van der Waals surface area contributed by atoms with Crippen molar-refractivity contribution in [1.29, 1.82) is 0 Å². The van der Waals surface area contributed by atoms with Gasteiger partial charge in [0.25, 0.3) is 0 Å². The summed E-state index contributed by atoms with van der Waals surface area (Å²) in [4.78, 5) is 10.7. The van der Waals surface area contributed by atoms with E-state index in [1.54, 1.807) is 14.2 Å². The molecule has 0 aromatic carbocycles. The number of carbonyl (C=O) groups excluding carboxylic acids is 1. The monoisotopic (exact) mass is 354 g/mol. The summed E-state index contributed by atoms with van der Waals surface area (Å²) in [6, 6.07) is 0. The lowest BCUT2D eigenvalue weighted by atomic mass is 9.93. The minimum atomic E-state index is -0.0535. The van der Waals surface area contributed by atoms with Crippen molar-refractivity contribution in [3.63, 3.8) is 0 Å². The minimum absolute atomic E-state index is 0.00511. The molecular formula is C13H23IO3. The van der Waals surface area contributed by atoms with Gasteiger partial charge < -0.3 is 14.3 Å². The SMILES string of the molecule is CO[C@@H]([C@H](C[C@H](C)C=O)OC)[C@@H](C)/C=C(\C)I. The van der Waals surface area contributed by atoms with Gasteiger partial charge in [-0.3, -0.25) is 0 Å². The predicted octanol–water partition coefficient (Wildman–Crippen LogP) is 3.22. The van der Waals surface area contributed by atoms with Crippen LogP contribution in [0.5, 0.6) is 0 Å². The highest BCUT2D eigenvalue weighted by molar-refractivity contribution is 14.1. The second-order valence-corrected chi connectivity index (χ2v) is 6.14. The molecule has 0 radical (unpaired) electrons. The largest absolute Gasteiger partial charge is 0.379 e. The van der Waals surface area contributed by atoms with Crippen molar-refractivity contribution in [3.8, 4) is 0 Å². The second kappa shape index (κ2) is 9.05. The lowest BCUT2D eigenvalue weighted by Gasteiger charge is -2.29. The van der Waals surface area contributed by atoms with E-state index in [9.17, 15) is 4.79 Å². The Bertz CT molecular complexity index is 249. The Hall–Kier alpha value is 0.0600. The molecule has 3 nitrogen and oxygen atoms in total. The van der Waals surface area contributed by atoms with Gasteiger partial charge in [0.1, 0.15) is 6.29 Å². The highest BCUT2D eigenvalue weighted by Crippen LogP contribution is 2.22. The second-order valence-electron chi connectivity index (χ2n) is 4.44. The van der Waals surface area contributed by atoms with Crippen LogP contribution in [0.2, 0.25) is 0 Å². The summed E-state index contributed by atoms with van der Waals surface area (Å²) in [5, 5.41) is 0. The molecule has 0 rings (SSSR count). The summed E-state index contributed by atoms with van der Waals surface area (Å²) >= 11 is 2.28. The summed E-state index contributed by atoms with van der Waals surface area (Å²) in [7, 11) is 3.36. The zero-order chi connectivity index (χ0) is 13.4. The van der Waals surface area contributed by atoms with E-state index in [4.69, 9.17) is 9.47 Å². The number of ether oxygens (including phenoxy) is 2. The standard InChI is InChI=1S/C13H23IO3/c1-9(8-15)6-12(16-4)13(17-5)10(2)7-11(3)14/h7-10,12-13H,6H2,1-5H3/b11-7+/t9-,10-,12-,13+/m0/s1. The molecule has 17 heavy (non-hydrogen) atoms. The highest BCUT2D eigenvalue weighted by Gasteiger charge is 2.27. The van der Waals surface area contributed by atoms with Crippen molar-refractivity contribution in [3.05, 3.63) is 9.66 Å². The first kappa shape index (κ1) is 17.1. The summed E-state index contributed by atoms with van der Waals surface area (Å²) in [5.41, 5.74) is 0. The fraction of sp³-hybridized carbons (Fsp3) is 0.769. The van der Waals surface area contributed by atoms with Crippen LogP contribution in [-0.4, -0.2) is 32.7 Å². The Kier molecular flexibility index (Phi) is 9.08. The molecule has 4 heteroatoms. The normalized spacial score (nSPS) is 19.5. The lowest BCUT2D eigenvalue weighted by Crippen LogP contribution is -2.36. The summed E-state index contributed by atoms with van der Waals surface area (Å²) < 4.78 is 12.2. The molecule has 0 fully saturated rings. The van der Waals surface area contributed by atoms with Gasteiger partial charge in [-0.15, -0.1) is 0 Å². The van der Waals surface area contributed by atoms with Crippen molar-refractivity contribution >= 4 is 28.9 Å². The van der Waals surface area contributed by atoms with Crippen LogP contribution in [0.25, 0.3) is 0 Å². The predicted molar refractivity (Wildman–Crippen MR) is 78.4 cm³/mol. The van der Waals surface area contributed by atoms with E-state index >= 15 is 0 Å². The quantitative estimate of drug-likeness (QED) is 0.496. The van der Waals surface area contributed by atoms with Crippen LogP contribution in [0.3, 0.4) is 0 Å². The van der Waals surface area contributed by atoms with Crippen molar-refractivity contribution in [2.45, 2.75) is 39.4 Å². The maximum atomic E-state index is 10.7. The van der Waals surface area contributed by atoms with Gasteiger partial charge in [-0.1, -0.05) is 19.9 Å². The maximum Gasteiger partial charge on any atom is 0.122 e. The number of carbonyl (C=O) groups is 1. The number of rotatable bonds is 8. The zero-order valence-electron chi connectivity index (χ0n) is 11.3. The third-order valence-corrected chi connectivity index (χ3v) is 3.15. The van der Waals surface area contributed by atoms with Gasteiger partial charge in [0.05, 0.1) is 12.2 Å². The van der Waals surface area contributed by atoms with E-state index in [-0.39, 0.29) is 24.0 Å². The fourth-order valence-electron chi connectivity index (χ4n) is 1.95. The van der Waals surface area contributed by atoms with E-state index in [0.717, 1.165) is 6.29 Å². The molecule has 0 unspecified atom stereocenters. The average molecular weight is 354 g/mol. The topological polar surface area (TPSA) is 35.5 Å². The van der Waals surface area contributed by atoms with E-state index in [2.05, 4.69) is 42.5 Å². The fourth-order valence-corrected chi connectivity index (χ4v) is 2.52. The smallest absolute Gasteiger partial charge is 0.122 e. The zero-order valence-corrected chi connectivity index (χ0v) is 13.4. The van der Waals surface area contributed by atoms with Gasteiger partial charge in [0.2, 0.25) is 0 Å². The van der Waals surface area contributed by atoms with Crippen LogP contribution < -0.4 is 0 Å². The Morgan fingerprint density at radius 3 is 2.24 bits per heavy atom. The molecule has 0 aliphatic heterocycles. The molecule has 0 spiro atoms. The summed E-state index contributed by atoms with van der Waals surface area (Å²) in [6.45, 7) is 6.06. The molecule has 0 aliphatic carbocycles. The maximum absolute atomic E-state index is 10.7. The van der Waals surface area contributed by atoms with Crippen LogP contribution in [0.1, 0.15) is 27.2 Å². The van der Waals surface area contributed by atoms with Crippen LogP contribution in [0.4, 0.5) is 0 Å². The van der Waals surface area contributed by atoms with Crippen molar-refractivity contribution in [2.75, 3.05) is 14.2 Å². The van der Waals surface area contributed by atoms with Gasteiger partial charge in [0.15, 0.2) is 0 Å². The number of halogens is 1. The Labute approximate surface area is 118 Å². The highest BCUT2D eigenvalue weighted by atomic mass is 127. The summed E-state index contributed by atoms with van der Waals surface area (Å²) in [5.74, 6) is 0.259. The van der Waals surface area contributed by atoms with Gasteiger partial charge in [-0.05, 0) is 39.5 Å². The van der Waals surface area contributed by atoms with Gasteiger partial charge in [0, 0.05) is 26.1 Å². The number of aldehydes is 1. The first-order valence-electron chi connectivity index (χ1n) is 5.81. The van der Waals surface area contributed by atoms with Crippen molar-refractivity contribution < 1.29 is 14.3 Å². The van der Waals surface area contributed by atoms with E-state index in [0.29, 0.717) is 6.42 Å². The van der Waals surface area contributed by atoms with E-state index in [1.165, 1.54) is 3.58 Å². The van der Waals surface area contributed by atoms with Crippen molar-refractivity contribution in [1.82, 2.24) is 0 Å². The molecule has 0 saturated heterocycles. The molecule has 4 atom stereocenters. The molecule has 100 valence electrons. The Morgan fingerprint density at radius 2 is 1.88 bits per heavy atom. The first-order chi connectivity index (χ1) is 7.96. The van der Waals surface area contributed by atoms with Crippen LogP contribution in [0, 0.1) is 11.8 Å². The van der Waals surface area contributed by atoms with Crippen LogP contribution >= 0.6 is 22.6 Å². The molecule has 0 aromatic heterocycles. The minimum Gasteiger partial charge on any atom is -0.379 e. The number of methoxy groups -OCH3 is 2. The van der Waals surface area contributed by atoms with Gasteiger partial charge >= 0.3 is 0 Å². The first-order valence-corrected chi connectivity index (χ1v) is 6.88. The molecule has 0 saturated carbocycles. The number of hydrogen-bond donors (Lipinski definition) is 0. The lowest BCUT2D eigenvalue weighted by molar-refractivity contribution is -0.113. The van der Waals surface area contributed by atoms with E-state index in [1.807, 2.05) is 6.92 Å². The van der Waals surface area contributed by atoms with Crippen molar-refractivity contribution in [2.24, 2.45) is 11.8 Å². The van der Waals surface area contributed by atoms with E-state index < -0.39 is 0 Å². The molecular weight excluding hydrogens is 331 g/mol. The Balaban J connectivity index is 4.68. The molecule has 0 aliphatic rings.